The standard InChI is InChI=1S/C24H28F3N3O4/c1-15(2)19(31)12-23(8-9-23)22(33)30-10-4-5-17(14-30)21(32)29-13-16-6-7-18(28-3)11-20(16)34-24(25,26)27/h6-7,11,15,17H,4-5,8-10,12-14H2,1-2H3,(H,29,32)/t17-/m1/s1. The fraction of sp³-hybridized carbons (Fsp3) is 0.583. The Hall–Kier alpha value is -3.09. The lowest BCUT2D eigenvalue weighted by Gasteiger charge is -2.34. The largest absolute Gasteiger partial charge is 0.573 e. The van der Waals surface area contributed by atoms with Gasteiger partial charge in [0.1, 0.15) is 11.5 Å². The second-order valence-electron chi connectivity index (χ2n) is 9.34. The summed E-state index contributed by atoms with van der Waals surface area (Å²) in [6.45, 7) is 11.1. The zero-order valence-electron chi connectivity index (χ0n) is 19.2. The molecule has 2 fully saturated rings. The van der Waals surface area contributed by atoms with Crippen LogP contribution in [0.25, 0.3) is 4.85 Å². The predicted octanol–water partition coefficient (Wildman–Crippen LogP) is 4.39. The van der Waals surface area contributed by atoms with Crippen LogP contribution in [0.2, 0.25) is 0 Å². The summed E-state index contributed by atoms with van der Waals surface area (Å²) in [5.74, 6) is -1.57. The molecule has 1 atom stereocenters. The molecule has 0 spiro atoms. The Morgan fingerprint density at radius 3 is 2.59 bits per heavy atom. The Balaban J connectivity index is 1.62. The molecule has 10 heteroatoms. The van der Waals surface area contributed by atoms with Crippen molar-refractivity contribution in [3.63, 3.8) is 0 Å². The van der Waals surface area contributed by atoms with Gasteiger partial charge in [0.25, 0.3) is 0 Å². The number of carbonyl (C=O) groups is 3. The molecule has 1 N–H and O–H groups in total. The molecule has 1 aromatic rings. The molecular weight excluding hydrogens is 451 g/mol. The van der Waals surface area contributed by atoms with Crippen LogP contribution in [0.4, 0.5) is 18.9 Å². The third-order valence-electron chi connectivity index (χ3n) is 6.40. The number of likely N-dealkylation sites (tertiary alicyclic amines) is 1. The highest BCUT2D eigenvalue weighted by Gasteiger charge is 2.53. The summed E-state index contributed by atoms with van der Waals surface area (Å²) in [7, 11) is 0. The van der Waals surface area contributed by atoms with Crippen molar-refractivity contribution in [2.24, 2.45) is 17.3 Å². The minimum atomic E-state index is -4.93. The molecule has 184 valence electrons. The highest BCUT2D eigenvalue weighted by molar-refractivity contribution is 5.93. The molecular formula is C24H28F3N3O4. The number of piperidine rings is 1. The van der Waals surface area contributed by atoms with E-state index in [9.17, 15) is 27.6 Å². The van der Waals surface area contributed by atoms with E-state index in [0.29, 0.717) is 32.2 Å². The highest BCUT2D eigenvalue weighted by Crippen LogP contribution is 2.51. The van der Waals surface area contributed by atoms with Crippen molar-refractivity contribution >= 4 is 23.3 Å². The molecule has 2 aliphatic rings. The maximum absolute atomic E-state index is 13.1. The van der Waals surface area contributed by atoms with Gasteiger partial charge < -0.3 is 15.0 Å². The second kappa shape index (κ2) is 10.0. The van der Waals surface area contributed by atoms with E-state index >= 15 is 0 Å². The number of carbonyl (C=O) groups excluding carboxylic acids is 3. The fourth-order valence-corrected chi connectivity index (χ4v) is 4.17. The number of amides is 2. The number of nitrogens with one attached hydrogen (secondary N) is 1. The SMILES string of the molecule is [C-]#[N+]c1ccc(CNC(=O)[C@@H]2CCCN(C(=O)C3(CC(=O)C(C)C)CC3)C2)c(OC(F)(F)F)c1. The van der Waals surface area contributed by atoms with Crippen molar-refractivity contribution in [2.75, 3.05) is 13.1 Å². The smallest absolute Gasteiger partial charge is 0.407 e. The van der Waals surface area contributed by atoms with Crippen LogP contribution in [0.1, 0.15) is 51.5 Å². The summed E-state index contributed by atoms with van der Waals surface area (Å²) >= 11 is 0. The van der Waals surface area contributed by atoms with Gasteiger partial charge in [0.05, 0.1) is 17.9 Å². The molecule has 2 amide bonds. The number of hydrogen-bond donors (Lipinski definition) is 1. The van der Waals surface area contributed by atoms with Crippen LogP contribution in [0.15, 0.2) is 18.2 Å². The quantitative estimate of drug-likeness (QED) is 0.561. The number of hydrogen-bond acceptors (Lipinski definition) is 4. The Morgan fingerprint density at radius 1 is 1.29 bits per heavy atom. The first-order valence-corrected chi connectivity index (χ1v) is 11.3. The molecule has 0 aromatic heterocycles. The van der Waals surface area contributed by atoms with Crippen LogP contribution >= 0.6 is 0 Å². The third kappa shape index (κ3) is 6.27. The van der Waals surface area contributed by atoms with E-state index < -0.39 is 23.4 Å². The Labute approximate surface area is 196 Å². The van der Waals surface area contributed by atoms with Gasteiger partial charge in [0.15, 0.2) is 5.69 Å². The van der Waals surface area contributed by atoms with E-state index in [1.165, 1.54) is 12.1 Å². The first kappa shape index (κ1) is 25.5. The van der Waals surface area contributed by atoms with Crippen molar-refractivity contribution in [1.29, 1.82) is 0 Å². The molecule has 0 bridgehead atoms. The van der Waals surface area contributed by atoms with Crippen molar-refractivity contribution in [3.8, 4) is 5.75 Å². The average Bonchev–Trinajstić information content (AvgIpc) is 3.56. The lowest BCUT2D eigenvalue weighted by atomic mass is 9.90. The van der Waals surface area contributed by atoms with Crippen molar-refractivity contribution in [3.05, 3.63) is 35.2 Å². The van der Waals surface area contributed by atoms with E-state index in [0.717, 1.165) is 6.07 Å². The van der Waals surface area contributed by atoms with Crippen LogP contribution < -0.4 is 10.1 Å². The number of nitrogens with zero attached hydrogens (tertiary/aromatic N) is 2. The summed E-state index contributed by atoms with van der Waals surface area (Å²) in [5, 5.41) is 2.64. The van der Waals surface area contributed by atoms with E-state index in [1.54, 1.807) is 4.90 Å². The molecule has 1 aliphatic carbocycles. The van der Waals surface area contributed by atoms with Gasteiger partial charge in [-0.05, 0) is 31.7 Å². The molecule has 1 saturated heterocycles. The summed E-state index contributed by atoms with van der Waals surface area (Å²) < 4.78 is 42.3. The average molecular weight is 479 g/mol. The maximum Gasteiger partial charge on any atom is 0.573 e. The summed E-state index contributed by atoms with van der Waals surface area (Å²) in [6, 6.07) is 3.65. The number of halogens is 3. The molecule has 1 aliphatic heterocycles. The first-order chi connectivity index (χ1) is 15.9. The lowest BCUT2D eigenvalue weighted by molar-refractivity contribution is -0.274. The Bertz CT molecular complexity index is 996. The molecule has 7 nitrogen and oxygen atoms in total. The van der Waals surface area contributed by atoms with Gasteiger partial charge in [0, 0.05) is 37.5 Å². The predicted molar refractivity (Wildman–Crippen MR) is 117 cm³/mol. The van der Waals surface area contributed by atoms with Crippen LogP contribution in [-0.4, -0.2) is 41.9 Å². The third-order valence-corrected chi connectivity index (χ3v) is 6.40. The van der Waals surface area contributed by atoms with E-state index in [2.05, 4.69) is 14.9 Å². The highest BCUT2D eigenvalue weighted by atomic mass is 19.4. The zero-order valence-corrected chi connectivity index (χ0v) is 19.2. The van der Waals surface area contributed by atoms with Crippen LogP contribution in [0.5, 0.6) is 5.75 Å². The van der Waals surface area contributed by atoms with Gasteiger partial charge in [-0.2, -0.15) is 0 Å². The number of rotatable bonds is 8. The van der Waals surface area contributed by atoms with E-state index in [1.807, 2.05) is 13.8 Å². The molecule has 34 heavy (non-hydrogen) atoms. The van der Waals surface area contributed by atoms with Crippen LogP contribution in [0.3, 0.4) is 0 Å². The molecule has 1 saturated carbocycles. The van der Waals surface area contributed by atoms with Crippen molar-refractivity contribution in [1.82, 2.24) is 10.2 Å². The van der Waals surface area contributed by atoms with Crippen LogP contribution in [0, 0.1) is 23.8 Å². The number of Topliss-reactive ketones (excluding diaryl/α,β-unsaturated/α-hetero) is 1. The van der Waals surface area contributed by atoms with Gasteiger partial charge in [-0.15, -0.1) is 13.2 Å². The molecule has 0 radical (unpaired) electrons. The van der Waals surface area contributed by atoms with Gasteiger partial charge in [-0.3, -0.25) is 14.4 Å². The molecule has 1 aromatic carbocycles. The number of alkyl halides is 3. The number of ketones is 1. The topological polar surface area (TPSA) is 80.1 Å². The van der Waals surface area contributed by atoms with Gasteiger partial charge in [0.2, 0.25) is 11.8 Å². The summed E-state index contributed by atoms with van der Waals surface area (Å²) in [4.78, 5) is 42.9. The number of benzene rings is 1. The van der Waals surface area contributed by atoms with E-state index in [-0.39, 0.29) is 54.3 Å². The lowest BCUT2D eigenvalue weighted by Crippen LogP contribution is -2.48. The summed E-state index contributed by atoms with van der Waals surface area (Å²) in [6.07, 6.45) is -2.20. The minimum absolute atomic E-state index is 0.0132. The minimum Gasteiger partial charge on any atom is -0.407 e. The van der Waals surface area contributed by atoms with E-state index in [4.69, 9.17) is 6.57 Å². The summed E-state index contributed by atoms with van der Waals surface area (Å²) in [5.41, 5.74) is -0.569. The second-order valence-corrected chi connectivity index (χ2v) is 9.34. The monoisotopic (exact) mass is 479 g/mol. The number of ether oxygens (including phenoxy) is 1. The van der Waals surface area contributed by atoms with Crippen molar-refractivity contribution < 1.29 is 32.3 Å². The van der Waals surface area contributed by atoms with Gasteiger partial charge >= 0.3 is 6.36 Å². The van der Waals surface area contributed by atoms with Gasteiger partial charge in [-0.25, -0.2) is 4.85 Å². The Morgan fingerprint density at radius 2 is 2.00 bits per heavy atom. The fourth-order valence-electron chi connectivity index (χ4n) is 4.17. The normalized spacial score (nSPS) is 19.3. The zero-order chi connectivity index (χ0) is 25.1. The maximum atomic E-state index is 13.1. The molecule has 0 unspecified atom stereocenters. The van der Waals surface area contributed by atoms with Crippen molar-refractivity contribution in [2.45, 2.75) is 58.9 Å². The molecule has 1 heterocycles. The van der Waals surface area contributed by atoms with Crippen LogP contribution in [-0.2, 0) is 20.9 Å². The Kier molecular flexibility index (Phi) is 7.54. The first-order valence-electron chi connectivity index (χ1n) is 11.3. The molecule has 3 rings (SSSR count). The van der Waals surface area contributed by atoms with Gasteiger partial charge in [-0.1, -0.05) is 26.0 Å².